The van der Waals surface area contributed by atoms with E-state index in [9.17, 15) is 9.18 Å². The van der Waals surface area contributed by atoms with Gasteiger partial charge in [0.25, 0.3) is 0 Å². The normalized spacial score (nSPS) is 10.8. The number of halogens is 1. The number of nitrogen functional groups attached to an aromatic ring is 1. The summed E-state index contributed by atoms with van der Waals surface area (Å²) in [6, 6.07) is 17.2. The lowest BCUT2D eigenvalue weighted by atomic mass is 10.0. The highest BCUT2D eigenvalue weighted by molar-refractivity contribution is 6.02. The van der Waals surface area contributed by atoms with Gasteiger partial charge in [0.1, 0.15) is 0 Å². The van der Waals surface area contributed by atoms with Crippen molar-refractivity contribution in [2.24, 2.45) is 0 Å². The molecule has 1 aromatic heterocycles. The average molecular weight is 376 g/mol. The van der Waals surface area contributed by atoms with Crippen molar-refractivity contribution in [2.45, 2.75) is 6.92 Å². The molecule has 1 heterocycles. The Hall–Kier alpha value is -3.87. The SMILES string of the molecule is Cc1cccc(NC(=O)Nc2ccc(-c3ccc(F)c4onc(N)c34)cc2)c1. The van der Waals surface area contributed by atoms with Crippen LogP contribution in [0.1, 0.15) is 5.56 Å². The van der Waals surface area contributed by atoms with Crippen molar-refractivity contribution in [3.8, 4) is 11.1 Å². The number of amides is 2. The number of urea groups is 1. The number of nitrogens with zero attached hydrogens (tertiary/aromatic N) is 1. The fraction of sp³-hybridized carbons (Fsp3) is 0.0476. The fourth-order valence-electron chi connectivity index (χ4n) is 3.03. The van der Waals surface area contributed by atoms with Crippen molar-refractivity contribution in [1.29, 1.82) is 0 Å². The number of nitrogens with two attached hydrogens (primary N) is 1. The number of nitrogens with one attached hydrogen (secondary N) is 2. The van der Waals surface area contributed by atoms with Gasteiger partial charge in [-0.25, -0.2) is 9.18 Å². The Labute approximate surface area is 160 Å². The Morgan fingerprint density at radius 2 is 1.79 bits per heavy atom. The van der Waals surface area contributed by atoms with Crippen molar-refractivity contribution in [2.75, 3.05) is 16.4 Å². The molecule has 0 bridgehead atoms. The predicted octanol–water partition coefficient (Wildman–Crippen LogP) is 5.17. The van der Waals surface area contributed by atoms with E-state index in [1.807, 2.05) is 31.2 Å². The second-order valence-electron chi connectivity index (χ2n) is 6.39. The van der Waals surface area contributed by atoms with Crippen molar-refractivity contribution >= 4 is 34.2 Å². The summed E-state index contributed by atoms with van der Waals surface area (Å²) in [6.45, 7) is 1.95. The van der Waals surface area contributed by atoms with E-state index in [0.717, 1.165) is 11.1 Å². The van der Waals surface area contributed by atoms with Crippen LogP contribution in [0, 0.1) is 12.7 Å². The predicted molar refractivity (Wildman–Crippen MR) is 108 cm³/mol. The molecule has 6 nitrogen and oxygen atoms in total. The summed E-state index contributed by atoms with van der Waals surface area (Å²) in [7, 11) is 0. The molecular weight excluding hydrogens is 359 g/mol. The third-order valence-corrected chi connectivity index (χ3v) is 4.33. The summed E-state index contributed by atoms with van der Waals surface area (Å²) >= 11 is 0. The zero-order chi connectivity index (χ0) is 19.7. The van der Waals surface area contributed by atoms with Gasteiger partial charge in [-0.05, 0) is 53.9 Å². The molecule has 0 saturated carbocycles. The Bertz CT molecular complexity index is 1170. The lowest BCUT2D eigenvalue weighted by Gasteiger charge is -2.09. The van der Waals surface area contributed by atoms with Crippen LogP contribution in [-0.4, -0.2) is 11.2 Å². The first-order chi connectivity index (χ1) is 13.5. The molecule has 0 aliphatic heterocycles. The van der Waals surface area contributed by atoms with Gasteiger partial charge in [0.2, 0.25) is 5.58 Å². The Kier molecular flexibility index (Phi) is 4.41. The minimum atomic E-state index is -0.519. The molecule has 2 amide bonds. The van der Waals surface area contributed by atoms with E-state index in [0.29, 0.717) is 22.3 Å². The number of anilines is 3. The monoisotopic (exact) mass is 376 g/mol. The molecule has 0 fully saturated rings. The molecule has 0 aliphatic carbocycles. The Morgan fingerprint density at radius 3 is 2.54 bits per heavy atom. The molecule has 4 N–H and O–H groups in total. The third kappa shape index (κ3) is 3.37. The van der Waals surface area contributed by atoms with Crippen LogP contribution >= 0.6 is 0 Å². The summed E-state index contributed by atoms with van der Waals surface area (Å²) in [5, 5.41) is 9.63. The lowest BCUT2D eigenvalue weighted by Crippen LogP contribution is -2.19. The van der Waals surface area contributed by atoms with E-state index < -0.39 is 5.82 Å². The van der Waals surface area contributed by atoms with E-state index in [2.05, 4.69) is 15.8 Å². The highest BCUT2D eigenvalue weighted by atomic mass is 19.1. The minimum absolute atomic E-state index is 0.0229. The zero-order valence-electron chi connectivity index (χ0n) is 15.0. The largest absolute Gasteiger partial charge is 0.380 e. The standard InChI is InChI=1S/C21H17FN4O2/c1-12-3-2-4-15(11-12)25-21(27)24-14-7-5-13(6-8-14)16-9-10-17(22)19-18(16)20(23)26-28-19/h2-11H,1H3,(H2,23,26)(H2,24,25,27). The van der Waals surface area contributed by atoms with Crippen LogP contribution < -0.4 is 16.4 Å². The van der Waals surface area contributed by atoms with Gasteiger partial charge < -0.3 is 20.9 Å². The fourth-order valence-corrected chi connectivity index (χ4v) is 3.03. The van der Waals surface area contributed by atoms with Crippen molar-refractivity contribution in [3.05, 3.63) is 72.0 Å². The first kappa shape index (κ1) is 17.5. The molecule has 3 aromatic carbocycles. The molecule has 0 aliphatic rings. The van der Waals surface area contributed by atoms with Crippen LogP contribution in [0.15, 0.2) is 65.2 Å². The molecule has 4 rings (SSSR count). The van der Waals surface area contributed by atoms with E-state index >= 15 is 0 Å². The molecule has 4 aromatic rings. The molecular formula is C21H17FN4O2. The van der Waals surface area contributed by atoms with Gasteiger partial charge in [0.15, 0.2) is 11.6 Å². The van der Waals surface area contributed by atoms with Crippen LogP contribution in [0.5, 0.6) is 0 Å². The first-order valence-corrected chi connectivity index (χ1v) is 8.60. The van der Waals surface area contributed by atoms with E-state index in [4.69, 9.17) is 10.3 Å². The number of benzene rings is 3. The maximum atomic E-state index is 13.9. The summed E-state index contributed by atoms with van der Waals surface area (Å²) < 4.78 is 18.8. The number of rotatable bonds is 3. The van der Waals surface area contributed by atoms with Gasteiger partial charge >= 0.3 is 6.03 Å². The number of hydrogen-bond acceptors (Lipinski definition) is 4. The average Bonchev–Trinajstić information content (AvgIpc) is 3.06. The van der Waals surface area contributed by atoms with Gasteiger partial charge in [-0.15, -0.1) is 0 Å². The number of fused-ring (bicyclic) bond motifs is 1. The van der Waals surface area contributed by atoms with Crippen LogP contribution in [0.2, 0.25) is 0 Å². The van der Waals surface area contributed by atoms with Crippen molar-refractivity contribution in [3.63, 3.8) is 0 Å². The van der Waals surface area contributed by atoms with Gasteiger partial charge in [0, 0.05) is 11.4 Å². The van der Waals surface area contributed by atoms with E-state index in [1.165, 1.54) is 6.07 Å². The van der Waals surface area contributed by atoms with Gasteiger partial charge in [-0.2, -0.15) is 0 Å². The number of aromatic nitrogens is 1. The summed E-state index contributed by atoms with van der Waals surface area (Å²) in [4.78, 5) is 12.2. The molecule has 28 heavy (non-hydrogen) atoms. The van der Waals surface area contributed by atoms with Crippen LogP contribution in [-0.2, 0) is 0 Å². The maximum Gasteiger partial charge on any atom is 0.323 e. The molecule has 0 radical (unpaired) electrons. The van der Waals surface area contributed by atoms with Gasteiger partial charge in [-0.1, -0.05) is 35.5 Å². The Balaban J connectivity index is 1.54. The van der Waals surface area contributed by atoms with E-state index in [1.54, 1.807) is 30.3 Å². The lowest BCUT2D eigenvalue weighted by molar-refractivity contribution is 0.262. The van der Waals surface area contributed by atoms with Crippen LogP contribution in [0.4, 0.5) is 26.4 Å². The van der Waals surface area contributed by atoms with E-state index in [-0.39, 0.29) is 17.4 Å². The smallest absolute Gasteiger partial charge is 0.323 e. The second-order valence-corrected chi connectivity index (χ2v) is 6.39. The topological polar surface area (TPSA) is 93.2 Å². The molecule has 0 spiro atoms. The number of aryl methyl sites for hydroxylation is 1. The first-order valence-electron chi connectivity index (χ1n) is 8.60. The molecule has 0 atom stereocenters. The quantitative estimate of drug-likeness (QED) is 0.460. The minimum Gasteiger partial charge on any atom is -0.380 e. The van der Waals surface area contributed by atoms with Crippen molar-refractivity contribution < 1.29 is 13.7 Å². The summed E-state index contributed by atoms with van der Waals surface area (Å²) in [5.41, 5.74) is 9.73. The molecule has 0 unspecified atom stereocenters. The second kappa shape index (κ2) is 7.03. The van der Waals surface area contributed by atoms with Gasteiger partial charge in [0.05, 0.1) is 5.39 Å². The van der Waals surface area contributed by atoms with Crippen LogP contribution in [0.3, 0.4) is 0 Å². The van der Waals surface area contributed by atoms with Crippen molar-refractivity contribution in [1.82, 2.24) is 5.16 Å². The number of carbonyl (C=O) groups is 1. The Morgan fingerprint density at radius 1 is 1.04 bits per heavy atom. The molecule has 0 saturated heterocycles. The maximum absolute atomic E-state index is 13.9. The highest BCUT2D eigenvalue weighted by Crippen LogP contribution is 2.34. The number of carbonyl (C=O) groups excluding carboxylic acids is 1. The highest BCUT2D eigenvalue weighted by Gasteiger charge is 2.16. The number of hydrogen-bond donors (Lipinski definition) is 3. The molecule has 7 heteroatoms. The summed E-state index contributed by atoms with van der Waals surface area (Å²) in [5.74, 6) is -0.390. The zero-order valence-corrected chi connectivity index (χ0v) is 15.0. The third-order valence-electron chi connectivity index (χ3n) is 4.33. The molecule has 140 valence electrons. The van der Waals surface area contributed by atoms with Crippen LogP contribution in [0.25, 0.3) is 22.1 Å². The van der Waals surface area contributed by atoms with Gasteiger partial charge in [-0.3, -0.25) is 0 Å². The summed E-state index contributed by atoms with van der Waals surface area (Å²) in [6.07, 6.45) is 0.